The molecule has 0 unspecified atom stereocenters. The van der Waals surface area contributed by atoms with Gasteiger partial charge >= 0.3 is 0 Å². The maximum atomic E-state index is 15.1. The maximum Gasteiger partial charge on any atom is 0.258 e. The van der Waals surface area contributed by atoms with Crippen LogP contribution in [0.4, 0.5) is 4.39 Å². The lowest BCUT2D eigenvalue weighted by Gasteiger charge is -2.21. The van der Waals surface area contributed by atoms with Crippen LogP contribution in [0.1, 0.15) is 26.3 Å². The molecule has 226 valence electrons. The standard InChI is InChI=1S/C33H27FN6O5/c34-26-10-6-21-13-25(26)32(42)36-29-16-40(33(43)22-7-11-27-28(14-22)38-39-37-27)17-30(29)45-23-8-4-19(5-9-23)15-35-31(41)18-44-24-3-1-2-20(21)12-24/h1-14,29-30H,15-18H2,(H,35,41)(H,36,42)(H,37,38,39)/t29-,30-/m0/s1. The van der Waals surface area contributed by atoms with Crippen molar-refractivity contribution < 1.29 is 28.2 Å². The number of nitrogens with one attached hydrogen (secondary N) is 3. The van der Waals surface area contributed by atoms with E-state index in [4.69, 9.17) is 9.47 Å². The van der Waals surface area contributed by atoms with E-state index >= 15 is 4.39 Å². The van der Waals surface area contributed by atoms with Gasteiger partial charge in [0.1, 0.15) is 34.5 Å². The van der Waals surface area contributed by atoms with Crippen LogP contribution in [0.15, 0.2) is 84.9 Å². The minimum absolute atomic E-state index is 0.136. The van der Waals surface area contributed by atoms with Crippen LogP contribution in [0.3, 0.4) is 0 Å². The van der Waals surface area contributed by atoms with Crippen molar-refractivity contribution in [2.45, 2.75) is 18.7 Å². The van der Waals surface area contributed by atoms with Gasteiger partial charge in [-0.1, -0.05) is 30.3 Å². The lowest BCUT2D eigenvalue weighted by molar-refractivity contribution is -0.123. The minimum Gasteiger partial charge on any atom is -0.486 e. The first kappa shape index (κ1) is 28.0. The molecule has 4 heterocycles. The summed E-state index contributed by atoms with van der Waals surface area (Å²) in [6.45, 7) is 0.415. The summed E-state index contributed by atoms with van der Waals surface area (Å²) < 4.78 is 27.1. The molecule has 0 spiro atoms. The number of amides is 3. The number of rotatable bonds is 1. The number of H-pyrrole nitrogens is 1. The Hall–Kier alpha value is -5.78. The van der Waals surface area contributed by atoms with Crippen LogP contribution >= 0.6 is 0 Å². The number of aromatic amines is 1. The van der Waals surface area contributed by atoms with Gasteiger partial charge in [-0.25, -0.2) is 4.39 Å². The first-order valence-corrected chi connectivity index (χ1v) is 14.4. The van der Waals surface area contributed by atoms with Crippen LogP contribution < -0.4 is 20.1 Å². The van der Waals surface area contributed by atoms with Gasteiger partial charge in [-0.2, -0.15) is 15.4 Å². The van der Waals surface area contributed by atoms with E-state index in [2.05, 4.69) is 26.0 Å². The van der Waals surface area contributed by atoms with Crippen molar-refractivity contribution in [2.75, 3.05) is 19.7 Å². The Labute approximate surface area is 256 Å². The van der Waals surface area contributed by atoms with Crippen LogP contribution in [-0.2, 0) is 11.3 Å². The van der Waals surface area contributed by atoms with E-state index in [1.807, 2.05) is 12.1 Å². The molecule has 8 rings (SSSR count). The van der Waals surface area contributed by atoms with Gasteiger partial charge in [-0.15, -0.1) is 0 Å². The normalized spacial score (nSPS) is 18.4. The molecule has 0 aliphatic carbocycles. The molecular formula is C33H27FN6O5. The second-order valence-electron chi connectivity index (χ2n) is 10.9. The highest BCUT2D eigenvalue weighted by atomic mass is 19.1. The molecule has 3 N–H and O–H groups in total. The van der Waals surface area contributed by atoms with Crippen LogP contribution in [0.25, 0.3) is 22.2 Å². The number of fused-ring (bicyclic) bond motifs is 8. The van der Waals surface area contributed by atoms with Gasteiger partial charge in [-0.3, -0.25) is 14.4 Å². The summed E-state index contributed by atoms with van der Waals surface area (Å²) in [6, 6.07) is 22.8. The Morgan fingerprint density at radius 3 is 2.56 bits per heavy atom. The van der Waals surface area contributed by atoms with Gasteiger partial charge in [0.2, 0.25) is 0 Å². The van der Waals surface area contributed by atoms with E-state index in [9.17, 15) is 14.4 Å². The molecular weight excluding hydrogens is 579 g/mol. The SMILES string of the molecule is O=C1COc2cccc(c2)-c2ccc(F)c(c2)C(=O)N[C@H]2CN(C(=O)c3ccc4n[nH]nc4c3)C[C@@H]2Oc2ccc(cc2)CN1. The Morgan fingerprint density at radius 2 is 1.69 bits per heavy atom. The molecule has 12 heteroatoms. The molecule has 45 heavy (non-hydrogen) atoms. The fourth-order valence-electron chi connectivity index (χ4n) is 5.51. The van der Waals surface area contributed by atoms with Crippen LogP contribution in [-0.4, -0.2) is 69.9 Å². The van der Waals surface area contributed by atoms with Gasteiger partial charge in [0.25, 0.3) is 17.7 Å². The molecule has 3 aliphatic rings. The minimum atomic E-state index is -0.692. The molecule has 0 radical (unpaired) electrons. The highest BCUT2D eigenvalue weighted by Gasteiger charge is 2.39. The predicted octanol–water partition coefficient (Wildman–Crippen LogP) is 3.47. The summed E-state index contributed by atoms with van der Waals surface area (Å²) in [5.41, 5.74) is 3.55. The second kappa shape index (κ2) is 11.7. The number of likely N-dealkylation sites (tertiary alicyclic amines) is 1. The highest BCUT2D eigenvalue weighted by molar-refractivity contribution is 5.98. The molecule has 1 saturated heterocycles. The number of hydrogen-bond donors (Lipinski definition) is 3. The largest absolute Gasteiger partial charge is 0.486 e. The van der Waals surface area contributed by atoms with Gasteiger partial charge in [-0.05, 0) is 71.3 Å². The number of benzene rings is 4. The molecule has 1 aromatic heterocycles. The first-order valence-electron chi connectivity index (χ1n) is 14.4. The van der Waals surface area contributed by atoms with E-state index in [0.717, 1.165) is 5.56 Å². The number of halogens is 1. The number of carbonyl (C=O) groups is 3. The molecule has 0 saturated carbocycles. The number of ether oxygens (including phenoxy) is 2. The quantitative estimate of drug-likeness (QED) is 0.266. The second-order valence-corrected chi connectivity index (χ2v) is 10.9. The Balaban J connectivity index is 1.21. The molecule has 6 bridgehead atoms. The third-order valence-corrected chi connectivity index (χ3v) is 7.88. The summed E-state index contributed by atoms with van der Waals surface area (Å²) >= 11 is 0. The number of hydrogen-bond acceptors (Lipinski definition) is 7. The average Bonchev–Trinajstić information content (AvgIpc) is 3.69. The zero-order valence-electron chi connectivity index (χ0n) is 23.8. The number of nitrogens with zero attached hydrogens (tertiary/aromatic N) is 3. The van der Waals surface area contributed by atoms with Crippen LogP contribution in [0.5, 0.6) is 11.5 Å². The van der Waals surface area contributed by atoms with Gasteiger partial charge in [0, 0.05) is 18.7 Å². The van der Waals surface area contributed by atoms with Crippen molar-refractivity contribution in [3.8, 4) is 22.6 Å². The summed E-state index contributed by atoms with van der Waals surface area (Å²) in [6.07, 6.45) is -0.634. The van der Waals surface area contributed by atoms with Crippen LogP contribution in [0.2, 0.25) is 0 Å². The Kier molecular flexibility index (Phi) is 7.30. The third-order valence-electron chi connectivity index (χ3n) is 7.88. The fraction of sp³-hybridized carbons (Fsp3) is 0.182. The Morgan fingerprint density at radius 1 is 0.867 bits per heavy atom. The predicted molar refractivity (Wildman–Crippen MR) is 161 cm³/mol. The number of carbonyl (C=O) groups excluding carboxylic acids is 3. The van der Waals surface area contributed by atoms with Crippen molar-refractivity contribution in [1.29, 1.82) is 0 Å². The third kappa shape index (κ3) is 5.90. The molecule has 11 nitrogen and oxygen atoms in total. The smallest absolute Gasteiger partial charge is 0.258 e. The molecule has 1 fully saturated rings. The molecule has 2 atom stereocenters. The first-order chi connectivity index (χ1) is 21.9. The zero-order chi connectivity index (χ0) is 30.9. The van der Waals surface area contributed by atoms with Gasteiger partial charge in [0.05, 0.1) is 18.2 Å². The van der Waals surface area contributed by atoms with Crippen molar-refractivity contribution >= 4 is 28.8 Å². The van der Waals surface area contributed by atoms with Crippen molar-refractivity contribution in [3.05, 3.63) is 107 Å². The summed E-state index contributed by atoms with van der Waals surface area (Å²) in [5.74, 6) is -0.927. The van der Waals surface area contributed by atoms with Crippen molar-refractivity contribution in [3.63, 3.8) is 0 Å². The highest BCUT2D eigenvalue weighted by Crippen LogP contribution is 2.27. The zero-order valence-corrected chi connectivity index (χ0v) is 23.8. The molecule has 3 amide bonds. The summed E-state index contributed by atoms with van der Waals surface area (Å²) in [5, 5.41) is 16.4. The van der Waals surface area contributed by atoms with E-state index in [0.29, 0.717) is 45.8 Å². The lowest BCUT2D eigenvalue weighted by atomic mass is 10.0. The number of aromatic nitrogens is 3. The molecule has 3 aliphatic heterocycles. The summed E-state index contributed by atoms with van der Waals surface area (Å²) in [4.78, 5) is 41.2. The van der Waals surface area contributed by atoms with E-state index in [1.165, 1.54) is 12.1 Å². The molecule has 4 aromatic carbocycles. The van der Waals surface area contributed by atoms with Crippen molar-refractivity contribution in [1.82, 2.24) is 30.9 Å². The van der Waals surface area contributed by atoms with E-state index < -0.39 is 23.9 Å². The monoisotopic (exact) mass is 606 g/mol. The van der Waals surface area contributed by atoms with E-state index in [1.54, 1.807) is 65.6 Å². The lowest BCUT2D eigenvalue weighted by Crippen LogP contribution is -2.45. The fourth-order valence-corrected chi connectivity index (χ4v) is 5.51. The summed E-state index contributed by atoms with van der Waals surface area (Å²) in [7, 11) is 0. The van der Waals surface area contributed by atoms with Gasteiger partial charge < -0.3 is 25.0 Å². The Bertz CT molecular complexity index is 1930. The topological polar surface area (TPSA) is 139 Å². The maximum absolute atomic E-state index is 15.1. The van der Waals surface area contributed by atoms with Crippen molar-refractivity contribution in [2.24, 2.45) is 0 Å². The average molecular weight is 607 g/mol. The van der Waals surface area contributed by atoms with E-state index in [-0.39, 0.29) is 37.1 Å². The molecule has 5 aromatic rings. The van der Waals surface area contributed by atoms with Gasteiger partial charge in [0.15, 0.2) is 6.61 Å². The van der Waals surface area contributed by atoms with Crippen LogP contribution in [0, 0.1) is 5.82 Å².